The van der Waals surface area contributed by atoms with Gasteiger partial charge in [-0.25, -0.2) is 8.42 Å². The van der Waals surface area contributed by atoms with Gasteiger partial charge in [-0.2, -0.15) is 27.1 Å². The third-order valence-electron chi connectivity index (χ3n) is 7.62. The van der Waals surface area contributed by atoms with Crippen molar-refractivity contribution in [2.75, 3.05) is 12.8 Å². The Morgan fingerprint density at radius 1 is 1.20 bits per heavy atom. The number of rotatable bonds is 11. The van der Waals surface area contributed by atoms with Crippen molar-refractivity contribution in [3.8, 4) is 17.0 Å². The van der Waals surface area contributed by atoms with Crippen LogP contribution in [0.1, 0.15) is 69.4 Å². The van der Waals surface area contributed by atoms with E-state index in [9.17, 15) is 45.4 Å². The first-order chi connectivity index (χ1) is 19.9. The molecule has 1 aliphatic carbocycles. The van der Waals surface area contributed by atoms with Crippen LogP contribution in [-0.2, 0) is 22.8 Å². The van der Waals surface area contributed by atoms with Gasteiger partial charge in [-0.3, -0.25) is 9.48 Å². The van der Waals surface area contributed by atoms with Gasteiger partial charge in [-0.05, 0) is 63.6 Å². The van der Waals surface area contributed by atoms with Crippen LogP contribution < -0.4 is 10.1 Å². The second-order valence-corrected chi connectivity index (χ2v) is 15.4. The van der Waals surface area contributed by atoms with Gasteiger partial charge in [0.1, 0.15) is 15.6 Å². The van der Waals surface area contributed by atoms with Crippen molar-refractivity contribution in [3.05, 3.63) is 34.5 Å². The summed E-state index contributed by atoms with van der Waals surface area (Å²) in [5.41, 5.74) is -5.55. The van der Waals surface area contributed by atoms with Gasteiger partial charge in [0, 0.05) is 18.4 Å². The summed E-state index contributed by atoms with van der Waals surface area (Å²) in [6.45, 7) is 0.912. The lowest BCUT2D eigenvalue weighted by Crippen LogP contribution is -2.47. The molecule has 1 amide bonds. The quantitative estimate of drug-likeness (QED) is 0.281. The summed E-state index contributed by atoms with van der Waals surface area (Å²) in [6.07, 6.45) is -3.35. The van der Waals surface area contributed by atoms with E-state index >= 15 is 0 Å². The molecule has 1 aromatic carbocycles. The predicted octanol–water partition coefficient (Wildman–Crippen LogP) is 5.15. The molecule has 1 saturated carbocycles. The zero-order valence-electron chi connectivity index (χ0n) is 24.9. The average molecular weight is 674 g/mol. The van der Waals surface area contributed by atoms with E-state index in [1.54, 1.807) is 0 Å². The van der Waals surface area contributed by atoms with Crippen molar-refractivity contribution < 1.29 is 50.1 Å². The number of amides is 1. The molecule has 3 N–H and O–H groups in total. The van der Waals surface area contributed by atoms with E-state index in [0.29, 0.717) is 0 Å². The van der Waals surface area contributed by atoms with Crippen molar-refractivity contribution in [1.29, 1.82) is 0 Å². The normalized spacial score (nSPS) is 20.2. The van der Waals surface area contributed by atoms with Crippen molar-refractivity contribution in [2.24, 2.45) is 5.41 Å². The third-order valence-corrected chi connectivity index (χ3v) is 9.66. The summed E-state index contributed by atoms with van der Waals surface area (Å²) in [5, 5.41) is 27.2. The number of halogens is 6. The number of sulfone groups is 1. The summed E-state index contributed by atoms with van der Waals surface area (Å²) in [7, 11) is -3.29. The molecule has 16 heteroatoms. The van der Waals surface area contributed by atoms with Crippen LogP contribution in [0, 0.1) is 5.41 Å². The Hall–Kier alpha value is -2.49. The number of hydrogen-bond acceptors (Lipinski definition) is 7. The maximum Gasteiger partial charge on any atom is 0.394 e. The smallest absolute Gasteiger partial charge is 0.394 e. The zero-order chi connectivity index (χ0) is 33.5. The lowest BCUT2D eigenvalue weighted by Gasteiger charge is -2.35. The standard InChI is InChI=1S/C28H37ClF5N3O6S/c1-25(2,28(32,33)34)13-16-6-7-18(19(12-16)43-24(30)31)22-20(29)21(36-37(22)15-26(3,4)39)23(38)35-14-27(40)10-8-17(9-11-27)44(5,41)42/h6-7,12,17,24,39-40H,8-11,13-15H2,1-5H3,(H,35,38)/t17-,27+. The zero-order valence-corrected chi connectivity index (χ0v) is 26.5. The van der Waals surface area contributed by atoms with Gasteiger partial charge in [-0.15, -0.1) is 0 Å². The monoisotopic (exact) mass is 673 g/mol. The molecule has 1 fully saturated rings. The molecule has 1 aliphatic rings. The molecule has 9 nitrogen and oxygen atoms in total. The highest BCUT2D eigenvalue weighted by molar-refractivity contribution is 7.91. The molecule has 0 unspecified atom stereocenters. The fraction of sp³-hybridized carbons (Fsp3) is 0.643. The van der Waals surface area contributed by atoms with Crippen molar-refractivity contribution in [1.82, 2.24) is 15.1 Å². The Balaban J connectivity index is 1.98. The van der Waals surface area contributed by atoms with E-state index in [4.69, 9.17) is 11.6 Å². The van der Waals surface area contributed by atoms with Gasteiger partial charge in [-0.1, -0.05) is 31.5 Å². The van der Waals surface area contributed by atoms with Crippen LogP contribution in [0.5, 0.6) is 5.75 Å². The number of carbonyl (C=O) groups excluding carboxylic acids is 1. The molecule has 248 valence electrons. The van der Waals surface area contributed by atoms with E-state index in [1.807, 2.05) is 0 Å². The molecule has 0 atom stereocenters. The third kappa shape index (κ3) is 8.82. The highest BCUT2D eigenvalue weighted by Gasteiger charge is 2.47. The molecule has 3 rings (SSSR count). The van der Waals surface area contributed by atoms with Crippen LogP contribution in [0.2, 0.25) is 5.02 Å². The number of nitrogens with one attached hydrogen (secondary N) is 1. The SMILES string of the molecule is CC(C)(O)Cn1nc(C(=O)NC[C@]2(O)CC[C@@H](S(C)(=O)=O)CC2)c(Cl)c1-c1ccc(CC(C)(C)C(F)(F)F)cc1OC(F)F. The lowest BCUT2D eigenvalue weighted by molar-refractivity contribution is -0.211. The lowest BCUT2D eigenvalue weighted by atomic mass is 9.84. The Morgan fingerprint density at radius 3 is 2.30 bits per heavy atom. The maximum atomic E-state index is 13.5. The molecule has 0 bridgehead atoms. The number of aromatic nitrogens is 2. The van der Waals surface area contributed by atoms with Gasteiger partial charge < -0.3 is 20.3 Å². The molecular formula is C28H37ClF5N3O6S. The van der Waals surface area contributed by atoms with Crippen molar-refractivity contribution >= 4 is 27.3 Å². The molecular weight excluding hydrogens is 637 g/mol. The number of ether oxygens (including phenoxy) is 1. The second-order valence-electron chi connectivity index (χ2n) is 12.7. The van der Waals surface area contributed by atoms with E-state index in [1.165, 1.54) is 26.0 Å². The Bertz CT molecular complexity index is 1460. The predicted molar refractivity (Wildman–Crippen MR) is 154 cm³/mol. The summed E-state index contributed by atoms with van der Waals surface area (Å²) >= 11 is 6.58. The summed E-state index contributed by atoms with van der Waals surface area (Å²) in [4.78, 5) is 13.2. The van der Waals surface area contributed by atoms with Gasteiger partial charge in [0.2, 0.25) is 0 Å². The number of carbonyl (C=O) groups is 1. The first-order valence-corrected chi connectivity index (χ1v) is 16.1. The number of benzene rings is 1. The Morgan fingerprint density at radius 2 is 1.80 bits per heavy atom. The molecule has 0 aliphatic heterocycles. The van der Waals surface area contributed by atoms with Crippen LogP contribution in [0.25, 0.3) is 11.3 Å². The minimum absolute atomic E-state index is 0.0493. The number of nitrogens with zero attached hydrogens (tertiary/aromatic N) is 2. The highest BCUT2D eigenvalue weighted by Crippen LogP contribution is 2.43. The second kappa shape index (κ2) is 12.7. The minimum Gasteiger partial charge on any atom is -0.434 e. The van der Waals surface area contributed by atoms with Crippen LogP contribution >= 0.6 is 11.6 Å². The van der Waals surface area contributed by atoms with E-state index < -0.39 is 62.6 Å². The van der Waals surface area contributed by atoms with Crippen LogP contribution in [0.15, 0.2) is 18.2 Å². The Labute approximate surface area is 257 Å². The summed E-state index contributed by atoms with van der Waals surface area (Å²) < 4.78 is 96.9. The summed E-state index contributed by atoms with van der Waals surface area (Å²) in [6, 6.07) is 3.56. The molecule has 44 heavy (non-hydrogen) atoms. The van der Waals surface area contributed by atoms with Crippen molar-refractivity contribution in [3.63, 3.8) is 0 Å². The van der Waals surface area contributed by atoms with Crippen LogP contribution in [0.3, 0.4) is 0 Å². The first-order valence-electron chi connectivity index (χ1n) is 13.8. The van der Waals surface area contributed by atoms with E-state index in [0.717, 1.165) is 30.9 Å². The first kappa shape index (κ1) is 36.0. The van der Waals surface area contributed by atoms with Gasteiger partial charge in [0.25, 0.3) is 5.91 Å². The number of alkyl halides is 5. The fourth-order valence-electron chi connectivity index (χ4n) is 5.06. The van der Waals surface area contributed by atoms with Gasteiger partial charge in [0.05, 0.1) is 39.1 Å². The van der Waals surface area contributed by atoms with Gasteiger partial charge >= 0.3 is 12.8 Å². The number of hydrogen-bond donors (Lipinski definition) is 3. The highest BCUT2D eigenvalue weighted by atomic mass is 35.5. The maximum absolute atomic E-state index is 13.5. The molecule has 1 aromatic heterocycles. The minimum atomic E-state index is -4.58. The van der Waals surface area contributed by atoms with Crippen LogP contribution in [0.4, 0.5) is 22.0 Å². The topological polar surface area (TPSA) is 131 Å². The van der Waals surface area contributed by atoms with Gasteiger partial charge in [0.15, 0.2) is 5.69 Å². The molecule has 0 radical (unpaired) electrons. The average Bonchev–Trinajstić information content (AvgIpc) is 3.15. The number of aliphatic hydroxyl groups is 2. The molecule has 0 saturated heterocycles. The van der Waals surface area contributed by atoms with E-state index in [2.05, 4.69) is 15.2 Å². The van der Waals surface area contributed by atoms with E-state index in [-0.39, 0.29) is 66.3 Å². The molecule has 0 spiro atoms. The van der Waals surface area contributed by atoms with Crippen molar-refractivity contribution in [2.45, 2.75) is 95.6 Å². The molecule has 1 heterocycles. The summed E-state index contributed by atoms with van der Waals surface area (Å²) in [5.74, 6) is -1.36. The Kier molecular flexibility index (Phi) is 10.4. The molecule has 2 aromatic rings. The van der Waals surface area contributed by atoms with Crippen LogP contribution in [-0.4, -0.2) is 76.4 Å². The largest absolute Gasteiger partial charge is 0.434 e. The fourth-order valence-corrected chi connectivity index (χ4v) is 6.48.